The van der Waals surface area contributed by atoms with E-state index in [1.807, 2.05) is 12.1 Å². The number of hydrogen-bond donors (Lipinski definition) is 1. The Balaban J connectivity index is 2.26. The molecule has 1 aromatic heterocycles. The fourth-order valence-corrected chi connectivity index (χ4v) is 2.45. The normalized spacial score (nSPS) is 15.6. The Morgan fingerprint density at radius 1 is 1.24 bits per heavy atom. The van der Waals surface area contributed by atoms with Crippen LogP contribution in [0.5, 0.6) is 0 Å². The molecule has 0 aliphatic carbocycles. The van der Waals surface area contributed by atoms with Crippen molar-refractivity contribution in [1.82, 2.24) is 5.10 Å². The molecule has 5 nitrogen and oxygen atoms in total. The van der Waals surface area contributed by atoms with Gasteiger partial charge in [0.05, 0.1) is 17.3 Å². The van der Waals surface area contributed by atoms with E-state index < -0.39 is 0 Å². The number of aromatic nitrogens is 2. The molecule has 0 unspecified atom stereocenters. The average molecular weight is 230 g/mol. The maximum absolute atomic E-state index is 11.7. The number of nitrogens with two attached hydrogens (primary N) is 1. The first kappa shape index (κ1) is 10.1. The molecule has 1 aromatic carbocycles. The topological polar surface area (TPSA) is 69.1 Å². The van der Waals surface area contributed by atoms with Gasteiger partial charge in [0.15, 0.2) is 0 Å². The summed E-state index contributed by atoms with van der Waals surface area (Å²) in [7, 11) is 0. The first-order chi connectivity index (χ1) is 8.27. The summed E-state index contributed by atoms with van der Waals surface area (Å²) in [5.41, 5.74) is 7.87. The molecule has 2 aromatic rings. The lowest BCUT2D eigenvalue weighted by atomic mass is 10.1. The summed E-state index contributed by atoms with van der Waals surface area (Å²) in [6.45, 7) is 2.08. The standard InChI is InChI=1S/C12H14N4O/c13-10-3-4-11(15-7-1-2-8-15)9-5-6-14-16(17)12(9)10/h3-6H,1-2,7-8,13H2. The highest BCUT2D eigenvalue weighted by Gasteiger charge is 2.19. The summed E-state index contributed by atoms with van der Waals surface area (Å²) >= 11 is 0. The van der Waals surface area contributed by atoms with Crippen LogP contribution in [0.25, 0.3) is 10.9 Å². The first-order valence-corrected chi connectivity index (χ1v) is 5.79. The number of benzene rings is 1. The van der Waals surface area contributed by atoms with Gasteiger partial charge in [0.25, 0.3) is 5.52 Å². The zero-order valence-corrected chi connectivity index (χ0v) is 9.47. The van der Waals surface area contributed by atoms with Crippen LogP contribution in [0.2, 0.25) is 0 Å². The summed E-state index contributed by atoms with van der Waals surface area (Å²) in [5.74, 6) is 0. The Morgan fingerprint density at radius 3 is 2.76 bits per heavy atom. The quantitative estimate of drug-likeness (QED) is 0.451. The number of hydrogen-bond acceptors (Lipinski definition) is 4. The number of nitrogen functional groups attached to an aromatic ring is 1. The third-order valence-corrected chi connectivity index (χ3v) is 3.28. The van der Waals surface area contributed by atoms with Crippen LogP contribution in [0.3, 0.4) is 0 Å². The van der Waals surface area contributed by atoms with Gasteiger partial charge in [0.2, 0.25) is 0 Å². The van der Waals surface area contributed by atoms with Crippen molar-refractivity contribution in [2.45, 2.75) is 12.8 Å². The molecule has 0 saturated carbocycles. The van der Waals surface area contributed by atoms with Crippen molar-refractivity contribution >= 4 is 22.3 Å². The van der Waals surface area contributed by atoms with Gasteiger partial charge in [-0.25, -0.2) is 0 Å². The fraction of sp³-hybridized carbons (Fsp3) is 0.333. The molecule has 0 amide bonds. The predicted octanol–water partition coefficient (Wildman–Crippen LogP) is 1.05. The Hall–Kier alpha value is -2.04. The van der Waals surface area contributed by atoms with Crippen molar-refractivity contribution in [2.75, 3.05) is 23.7 Å². The van der Waals surface area contributed by atoms with Crippen LogP contribution in [-0.4, -0.2) is 18.2 Å². The highest BCUT2D eigenvalue weighted by Crippen LogP contribution is 2.30. The van der Waals surface area contributed by atoms with Crippen LogP contribution in [0.4, 0.5) is 11.4 Å². The molecule has 0 atom stereocenters. The van der Waals surface area contributed by atoms with Gasteiger partial charge in [-0.3, -0.25) is 0 Å². The van der Waals surface area contributed by atoms with Crippen LogP contribution in [-0.2, 0) is 0 Å². The van der Waals surface area contributed by atoms with Gasteiger partial charge in [0, 0.05) is 18.2 Å². The molecule has 2 heterocycles. The van der Waals surface area contributed by atoms with E-state index >= 15 is 0 Å². The second kappa shape index (κ2) is 3.76. The van der Waals surface area contributed by atoms with E-state index in [9.17, 15) is 5.21 Å². The van der Waals surface area contributed by atoms with Gasteiger partial charge in [0.1, 0.15) is 5.69 Å². The zero-order chi connectivity index (χ0) is 11.8. The lowest BCUT2D eigenvalue weighted by Crippen LogP contribution is -2.32. The van der Waals surface area contributed by atoms with E-state index in [0.717, 1.165) is 24.2 Å². The van der Waals surface area contributed by atoms with Crippen LogP contribution >= 0.6 is 0 Å². The molecule has 2 N–H and O–H groups in total. The fourth-order valence-electron chi connectivity index (χ4n) is 2.45. The molecule has 0 radical (unpaired) electrons. The lowest BCUT2D eigenvalue weighted by Gasteiger charge is -2.19. The molecule has 17 heavy (non-hydrogen) atoms. The van der Waals surface area contributed by atoms with E-state index in [-0.39, 0.29) is 0 Å². The summed E-state index contributed by atoms with van der Waals surface area (Å²) in [4.78, 5) is 2.89. The van der Waals surface area contributed by atoms with Gasteiger partial charge in [-0.2, -0.15) is 0 Å². The summed E-state index contributed by atoms with van der Waals surface area (Å²) in [6, 6.07) is 5.63. The van der Waals surface area contributed by atoms with Crippen molar-refractivity contribution < 1.29 is 4.85 Å². The highest BCUT2D eigenvalue weighted by molar-refractivity contribution is 5.96. The summed E-state index contributed by atoms with van der Waals surface area (Å²) in [6.07, 6.45) is 3.93. The lowest BCUT2D eigenvalue weighted by molar-refractivity contribution is -0.642. The average Bonchev–Trinajstić information content (AvgIpc) is 2.83. The zero-order valence-electron chi connectivity index (χ0n) is 9.47. The van der Waals surface area contributed by atoms with Crippen LogP contribution in [0.15, 0.2) is 24.4 Å². The first-order valence-electron chi connectivity index (χ1n) is 5.79. The van der Waals surface area contributed by atoms with Gasteiger partial charge in [-0.05, 0) is 35.9 Å². The molecule has 1 saturated heterocycles. The second-order valence-electron chi connectivity index (χ2n) is 4.33. The molecule has 88 valence electrons. The second-order valence-corrected chi connectivity index (χ2v) is 4.33. The molecular formula is C12H14N4O. The Labute approximate surface area is 99.0 Å². The van der Waals surface area contributed by atoms with Crippen molar-refractivity contribution in [3.05, 3.63) is 29.6 Å². The van der Waals surface area contributed by atoms with E-state index in [0.29, 0.717) is 16.0 Å². The highest BCUT2D eigenvalue weighted by atomic mass is 16.5. The van der Waals surface area contributed by atoms with Gasteiger partial charge in [-0.15, -0.1) is 0 Å². The SMILES string of the molecule is Nc1ccc(N2CCCC2)c2ccn[n+]([O-])c12. The van der Waals surface area contributed by atoms with Crippen molar-refractivity contribution in [1.29, 1.82) is 0 Å². The van der Waals surface area contributed by atoms with Crippen molar-refractivity contribution in [3.63, 3.8) is 0 Å². The molecular weight excluding hydrogens is 216 g/mol. The van der Waals surface area contributed by atoms with Crippen molar-refractivity contribution in [3.8, 4) is 0 Å². The van der Waals surface area contributed by atoms with Gasteiger partial charge < -0.3 is 15.8 Å². The smallest absolute Gasteiger partial charge is 0.276 e. The maximum atomic E-state index is 11.7. The number of nitrogens with zero attached hydrogens (tertiary/aromatic N) is 3. The van der Waals surface area contributed by atoms with Gasteiger partial charge >= 0.3 is 0 Å². The van der Waals surface area contributed by atoms with Crippen LogP contribution in [0.1, 0.15) is 12.8 Å². The van der Waals surface area contributed by atoms with Gasteiger partial charge in [-0.1, -0.05) is 0 Å². The third kappa shape index (κ3) is 1.54. The van der Waals surface area contributed by atoms with Crippen LogP contribution in [0, 0.1) is 5.21 Å². The number of fused-ring (bicyclic) bond motifs is 1. The monoisotopic (exact) mass is 230 g/mol. The van der Waals surface area contributed by atoms with Crippen molar-refractivity contribution in [2.24, 2.45) is 0 Å². The predicted molar refractivity (Wildman–Crippen MR) is 66.6 cm³/mol. The molecule has 0 bridgehead atoms. The minimum atomic E-state index is 0.469. The van der Waals surface area contributed by atoms with Crippen LogP contribution < -0.4 is 15.5 Å². The summed E-state index contributed by atoms with van der Waals surface area (Å²) < 4.78 is 0. The Morgan fingerprint density at radius 2 is 2.00 bits per heavy atom. The molecule has 1 aliphatic rings. The van der Waals surface area contributed by atoms with E-state index in [1.54, 1.807) is 6.07 Å². The van der Waals surface area contributed by atoms with E-state index in [4.69, 9.17) is 5.73 Å². The number of rotatable bonds is 1. The molecule has 1 fully saturated rings. The molecule has 3 rings (SSSR count). The maximum Gasteiger partial charge on any atom is 0.276 e. The largest absolute Gasteiger partial charge is 0.594 e. The number of anilines is 2. The Kier molecular flexibility index (Phi) is 2.24. The van der Waals surface area contributed by atoms with E-state index in [2.05, 4.69) is 10.00 Å². The molecule has 0 spiro atoms. The third-order valence-electron chi connectivity index (χ3n) is 3.28. The molecule has 5 heteroatoms. The summed E-state index contributed by atoms with van der Waals surface area (Å²) in [5, 5.41) is 16.3. The molecule has 1 aliphatic heterocycles. The van der Waals surface area contributed by atoms with E-state index in [1.165, 1.54) is 19.0 Å². The minimum Gasteiger partial charge on any atom is -0.594 e. The Bertz CT molecular complexity index is 555. The minimum absolute atomic E-state index is 0.469.